The highest BCUT2D eigenvalue weighted by Crippen LogP contribution is 2.40. The fraction of sp³-hybridized carbons (Fsp3) is 0.368. The van der Waals surface area contributed by atoms with Gasteiger partial charge in [0.25, 0.3) is 10.0 Å². The largest absolute Gasteiger partial charge is 0.495 e. The molecular weight excluding hydrogens is 404 g/mol. The fourth-order valence-corrected chi connectivity index (χ4v) is 4.40. The molecule has 0 atom stereocenters. The van der Waals surface area contributed by atoms with E-state index < -0.39 is 10.0 Å². The fourth-order valence-electron chi connectivity index (χ4n) is 2.67. The molecule has 0 saturated heterocycles. The predicted molar refractivity (Wildman–Crippen MR) is 109 cm³/mol. The molecule has 0 heterocycles. The molecule has 0 aromatic heterocycles. The minimum atomic E-state index is -3.86. The quantitative estimate of drug-likeness (QED) is 0.626. The van der Waals surface area contributed by atoms with E-state index in [0.717, 1.165) is 0 Å². The molecule has 0 aliphatic heterocycles. The molecule has 0 spiro atoms. The van der Waals surface area contributed by atoms with Crippen molar-refractivity contribution in [2.24, 2.45) is 0 Å². The Balaban J connectivity index is 2.56. The summed E-state index contributed by atoms with van der Waals surface area (Å²) < 4.78 is 44.1. The van der Waals surface area contributed by atoms with E-state index in [1.807, 2.05) is 6.92 Å². The van der Waals surface area contributed by atoms with Gasteiger partial charge in [-0.3, -0.25) is 4.31 Å². The third-order valence-corrected chi connectivity index (χ3v) is 6.18. The van der Waals surface area contributed by atoms with E-state index in [1.54, 1.807) is 24.3 Å². The van der Waals surface area contributed by atoms with E-state index in [2.05, 4.69) is 5.73 Å². The van der Waals surface area contributed by atoms with Gasteiger partial charge in [0.2, 0.25) is 0 Å². The van der Waals surface area contributed by atoms with Gasteiger partial charge in [0.15, 0.2) is 0 Å². The van der Waals surface area contributed by atoms with Crippen LogP contribution in [0.15, 0.2) is 41.3 Å². The van der Waals surface area contributed by atoms with Crippen molar-refractivity contribution in [1.29, 1.82) is 0 Å². The Hall–Kier alpha value is -2.16. The van der Waals surface area contributed by atoms with E-state index in [-0.39, 0.29) is 11.4 Å². The number of methoxy groups -OCH3 is 2. The molecule has 0 aliphatic carbocycles. The SMILES string of the molecule is CCOc1ccc(S(=O)(=O)N(CCC[NH3+])c2cc(OC)c(Cl)cc2OC)cc1. The summed E-state index contributed by atoms with van der Waals surface area (Å²) in [5, 5.41) is 0.332. The van der Waals surface area contributed by atoms with Gasteiger partial charge in [-0.25, -0.2) is 8.42 Å². The zero-order valence-electron chi connectivity index (χ0n) is 16.3. The van der Waals surface area contributed by atoms with Crippen molar-refractivity contribution in [2.75, 3.05) is 38.2 Å². The van der Waals surface area contributed by atoms with Crippen molar-refractivity contribution in [2.45, 2.75) is 18.2 Å². The molecule has 0 amide bonds. The second-order valence-corrected chi connectivity index (χ2v) is 8.12. The number of halogens is 1. The third-order valence-electron chi connectivity index (χ3n) is 4.06. The first-order chi connectivity index (χ1) is 13.4. The molecule has 0 fully saturated rings. The Morgan fingerprint density at radius 2 is 1.71 bits per heavy atom. The van der Waals surface area contributed by atoms with Crippen LogP contribution in [0.2, 0.25) is 5.02 Å². The lowest BCUT2D eigenvalue weighted by molar-refractivity contribution is -0.367. The average Bonchev–Trinajstić information content (AvgIpc) is 2.69. The number of hydrogen-bond donors (Lipinski definition) is 1. The maximum atomic E-state index is 13.4. The van der Waals surface area contributed by atoms with Crippen LogP contribution in [0.3, 0.4) is 0 Å². The third kappa shape index (κ3) is 4.81. The van der Waals surface area contributed by atoms with Crippen molar-refractivity contribution in [3.63, 3.8) is 0 Å². The van der Waals surface area contributed by atoms with E-state index in [4.69, 9.17) is 25.8 Å². The number of anilines is 1. The molecule has 0 radical (unpaired) electrons. The lowest BCUT2D eigenvalue weighted by Gasteiger charge is -2.26. The smallest absolute Gasteiger partial charge is 0.264 e. The van der Waals surface area contributed by atoms with E-state index in [1.165, 1.54) is 30.7 Å². The summed E-state index contributed by atoms with van der Waals surface area (Å²) in [5.41, 5.74) is 4.17. The molecule has 0 aliphatic rings. The van der Waals surface area contributed by atoms with E-state index in [9.17, 15) is 8.42 Å². The lowest BCUT2D eigenvalue weighted by Crippen LogP contribution is -2.51. The van der Waals surface area contributed by atoms with Crippen LogP contribution >= 0.6 is 11.6 Å². The highest BCUT2D eigenvalue weighted by molar-refractivity contribution is 7.92. The van der Waals surface area contributed by atoms with Crippen molar-refractivity contribution in [3.05, 3.63) is 41.4 Å². The van der Waals surface area contributed by atoms with Crippen molar-refractivity contribution < 1.29 is 28.4 Å². The predicted octanol–water partition coefficient (Wildman–Crippen LogP) is 2.58. The Morgan fingerprint density at radius 3 is 2.25 bits per heavy atom. The molecule has 2 aromatic rings. The van der Waals surface area contributed by atoms with Gasteiger partial charge in [0.05, 0.1) is 43.0 Å². The number of ether oxygens (including phenoxy) is 3. The molecule has 0 bridgehead atoms. The second kappa shape index (κ2) is 9.86. The molecular formula is C19H26ClN2O5S+. The maximum absolute atomic E-state index is 13.4. The monoisotopic (exact) mass is 429 g/mol. The normalized spacial score (nSPS) is 11.2. The van der Waals surface area contributed by atoms with Gasteiger partial charge in [-0.15, -0.1) is 0 Å². The first-order valence-corrected chi connectivity index (χ1v) is 10.7. The molecule has 2 aromatic carbocycles. The number of sulfonamides is 1. The minimum absolute atomic E-state index is 0.149. The van der Waals surface area contributed by atoms with Gasteiger partial charge in [-0.1, -0.05) is 11.6 Å². The zero-order chi connectivity index (χ0) is 20.7. The summed E-state index contributed by atoms with van der Waals surface area (Å²) in [5.74, 6) is 1.31. The molecule has 154 valence electrons. The van der Waals surface area contributed by atoms with Crippen LogP contribution in [0, 0.1) is 0 Å². The van der Waals surface area contributed by atoms with Crippen LogP contribution in [0.4, 0.5) is 5.69 Å². The molecule has 2 rings (SSSR count). The van der Waals surface area contributed by atoms with Gasteiger partial charge in [-0.05, 0) is 31.2 Å². The number of nitrogens with zero attached hydrogens (tertiary/aromatic N) is 1. The Kier molecular flexibility index (Phi) is 7.79. The summed E-state index contributed by atoms with van der Waals surface area (Å²) in [4.78, 5) is 0.149. The van der Waals surface area contributed by atoms with Gasteiger partial charge >= 0.3 is 0 Å². The summed E-state index contributed by atoms with van der Waals surface area (Å²) >= 11 is 6.17. The zero-order valence-corrected chi connectivity index (χ0v) is 17.8. The van der Waals surface area contributed by atoms with Gasteiger partial charge in [0.1, 0.15) is 17.2 Å². The van der Waals surface area contributed by atoms with Crippen molar-refractivity contribution in [3.8, 4) is 17.2 Å². The van der Waals surface area contributed by atoms with Crippen LogP contribution < -0.4 is 24.2 Å². The number of benzene rings is 2. The molecule has 0 unspecified atom stereocenters. The number of quaternary nitrogens is 1. The van der Waals surface area contributed by atoms with Crippen LogP contribution in [0.5, 0.6) is 17.2 Å². The summed E-state index contributed by atoms with van der Waals surface area (Å²) in [6.45, 7) is 3.19. The molecule has 0 saturated carbocycles. The van der Waals surface area contributed by atoms with Crippen LogP contribution in [-0.2, 0) is 10.0 Å². The van der Waals surface area contributed by atoms with Gasteiger partial charge in [0, 0.05) is 25.1 Å². The second-order valence-electron chi connectivity index (χ2n) is 5.85. The molecule has 7 nitrogen and oxygen atoms in total. The summed E-state index contributed by atoms with van der Waals surface area (Å²) in [6, 6.07) is 9.43. The van der Waals surface area contributed by atoms with Crippen LogP contribution in [-0.4, -0.2) is 42.3 Å². The molecule has 28 heavy (non-hydrogen) atoms. The standard InChI is InChI=1S/C19H25ClN2O5S/c1-4-27-14-6-8-15(9-7-14)28(23,24)22(11-5-10-21)17-13-18(25-2)16(20)12-19(17)26-3/h6-9,12-13H,4-5,10-11,21H2,1-3H3/p+1. The molecule has 9 heteroatoms. The van der Waals surface area contributed by atoms with Crippen molar-refractivity contribution >= 4 is 27.3 Å². The Labute approximate surface area is 171 Å². The van der Waals surface area contributed by atoms with Gasteiger partial charge < -0.3 is 19.9 Å². The first kappa shape index (κ1) is 22.1. The average molecular weight is 430 g/mol. The molecule has 3 N–H and O–H groups in total. The lowest BCUT2D eigenvalue weighted by atomic mass is 10.2. The van der Waals surface area contributed by atoms with Crippen molar-refractivity contribution in [1.82, 2.24) is 0 Å². The summed E-state index contributed by atoms with van der Waals surface area (Å²) in [6.07, 6.45) is 0.574. The minimum Gasteiger partial charge on any atom is -0.495 e. The van der Waals surface area contributed by atoms with Crippen LogP contribution in [0.1, 0.15) is 13.3 Å². The van der Waals surface area contributed by atoms with Gasteiger partial charge in [-0.2, -0.15) is 0 Å². The maximum Gasteiger partial charge on any atom is 0.264 e. The topological polar surface area (TPSA) is 92.7 Å². The highest BCUT2D eigenvalue weighted by Gasteiger charge is 2.28. The van der Waals surface area contributed by atoms with E-state index in [0.29, 0.717) is 47.5 Å². The van der Waals surface area contributed by atoms with Crippen LogP contribution in [0.25, 0.3) is 0 Å². The first-order valence-electron chi connectivity index (χ1n) is 8.85. The summed E-state index contributed by atoms with van der Waals surface area (Å²) in [7, 11) is -0.923. The Bertz CT molecular complexity index is 888. The number of hydrogen-bond acceptors (Lipinski definition) is 5. The van der Waals surface area contributed by atoms with E-state index >= 15 is 0 Å². The Morgan fingerprint density at radius 1 is 1.07 bits per heavy atom. The number of rotatable bonds is 10. The highest BCUT2D eigenvalue weighted by atomic mass is 35.5.